The number of rotatable bonds is 2. The maximum atomic E-state index is 11.8. The standard InChI is InChI=1S/C11H10BrClN2O/c1-11(2,6-14)15-10(16)8-5-7(12)3-4-9(8)13/h3-5H,1-2H3,(H,15,16). The molecular weight excluding hydrogens is 291 g/mol. The number of halogens is 2. The number of carbonyl (C=O) groups excluding carboxylic acids is 1. The molecule has 0 heterocycles. The lowest BCUT2D eigenvalue weighted by atomic mass is 10.1. The van der Waals surface area contributed by atoms with Crippen LogP contribution >= 0.6 is 27.5 Å². The average molecular weight is 302 g/mol. The van der Waals surface area contributed by atoms with Crippen molar-refractivity contribution in [2.45, 2.75) is 19.4 Å². The van der Waals surface area contributed by atoms with Crippen LogP contribution in [0.15, 0.2) is 22.7 Å². The van der Waals surface area contributed by atoms with Gasteiger partial charge in [-0.1, -0.05) is 27.5 Å². The lowest BCUT2D eigenvalue weighted by Crippen LogP contribution is -2.42. The lowest BCUT2D eigenvalue weighted by Gasteiger charge is -2.17. The third-order valence-electron chi connectivity index (χ3n) is 1.88. The predicted molar refractivity (Wildman–Crippen MR) is 66.3 cm³/mol. The highest BCUT2D eigenvalue weighted by Gasteiger charge is 2.21. The molecule has 1 rings (SSSR count). The molecule has 0 aliphatic rings. The van der Waals surface area contributed by atoms with Crippen LogP contribution in [0, 0.1) is 11.3 Å². The van der Waals surface area contributed by atoms with E-state index in [-0.39, 0.29) is 5.91 Å². The number of benzene rings is 1. The molecule has 0 radical (unpaired) electrons. The first-order valence-corrected chi connectivity index (χ1v) is 5.71. The van der Waals surface area contributed by atoms with Gasteiger partial charge in [-0.05, 0) is 32.0 Å². The molecule has 5 heteroatoms. The van der Waals surface area contributed by atoms with Gasteiger partial charge >= 0.3 is 0 Å². The summed E-state index contributed by atoms with van der Waals surface area (Å²) in [4.78, 5) is 11.8. The van der Waals surface area contributed by atoms with Crippen molar-refractivity contribution < 1.29 is 4.79 Å². The molecule has 0 aromatic heterocycles. The largest absolute Gasteiger partial charge is 0.334 e. The van der Waals surface area contributed by atoms with Gasteiger partial charge in [0.2, 0.25) is 0 Å². The zero-order valence-corrected chi connectivity index (χ0v) is 11.2. The van der Waals surface area contributed by atoms with Crippen LogP contribution in [0.3, 0.4) is 0 Å². The van der Waals surface area contributed by atoms with Crippen LogP contribution in [0.5, 0.6) is 0 Å². The Morgan fingerprint density at radius 1 is 1.56 bits per heavy atom. The van der Waals surface area contributed by atoms with E-state index in [1.54, 1.807) is 32.0 Å². The monoisotopic (exact) mass is 300 g/mol. The van der Waals surface area contributed by atoms with Crippen LogP contribution in [0.1, 0.15) is 24.2 Å². The highest BCUT2D eigenvalue weighted by Crippen LogP contribution is 2.21. The molecule has 1 amide bonds. The number of hydrogen-bond donors (Lipinski definition) is 1. The molecule has 0 aliphatic carbocycles. The Labute approximate surface area is 108 Å². The number of nitriles is 1. The van der Waals surface area contributed by atoms with Gasteiger partial charge < -0.3 is 5.32 Å². The highest BCUT2D eigenvalue weighted by atomic mass is 79.9. The summed E-state index contributed by atoms with van der Waals surface area (Å²) in [5, 5.41) is 11.7. The van der Waals surface area contributed by atoms with Crippen LogP contribution in [-0.4, -0.2) is 11.4 Å². The summed E-state index contributed by atoms with van der Waals surface area (Å²) < 4.78 is 0.761. The number of amides is 1. The van der Waals surface area contributed by atoms with E-state index in [1.165, 1.54) is 0 Å². The molecule has 0 aliphatic heterocycles. The molecule has 1 N–H and O–H groups in total. The fraction of sp³-hybridized carbons (Fsp3) is 0.273. The average Bonchev–Trinajstić information content (AvgIpc) is 2.21. The van der Waals surface area contributed by atoms with Crippen molar-refractivity contribution in [3.63, 3.8) is 0 Å². The van der Waals surface area contributed by atoms with Crippen molar-refractivity contribution in [2.75, 3.05) is 0 Å². The summed E-state index contributed by atoms with van der Waals surface area (Å²) >= 11 is 9.16. The fourth-order valence-corrected chi connectivity index (χ4v) is 1.62. The summed E-state index contributed by atoms with van der Waals surface area (Å²) in [7, 11) is 0. The minimum absolute atomic E-state index is 0.347. The van der Waals surface area contributed by atoms with Gasteiger partial charge in [0.05, 0.1) is 16.7 Å². The minimum atomic E-state index is -0.914. The van der Waals surface area contributed by atoms with Crippen LogP contribution in [-0.2, 0) is 0 Å². The quantitative estimate of drug-likeness (QED) is 0.912. The summed E-state index contributed by atoms with van der Waals surface area (Å²) in [6.45, 7) is 3.24. The number of hydrogen-bond acceptors (Lipinski definition) is 2. The normalized spacial score (nSPS) is 10.7. The number of nitrogens with one attached hydrogen (secondary N) is 1. The first kappa shape index (κ1) is 13.0. The van der Waals surface area contributed by atoms with Crippen molar-refractivity contribution in [3.05, 3.63) is 33.3 Å². The van der Waals surface area contributed by atoms with Crippen molar-refractivity contribution in [3.8, 4) is 6.07 Å². The predicted octanol–water partition coefficient (Wildman–Crippen LogP) is 3.13. The Balaban J connectivity index is 2.98. The van der Waals surface area contributed by atoms with Crippen LogP contribution < -0.4 is 5.32 Å². The van der Waals surface area contributed by atoms with Gasteiger partial charge in [0.15, 0.2) is 0 Å². The van der Waals surface area contributed by atoms with E-state index < -0.39 is 5.54 Å². The summed E-state index contributed by atoms with van der Waals surface area (Å²) in [6.07, 6.45) is 0. The Kier molecular flexibility index (Phi) is 3.95. The second kappa shape index (κ2) is 4.86. The van der Waals surface area contributed by atoms with Crippen molar-refractivity contribution >= 4 is 33.4 Å². The van der Waals surface area contributed by atoms with Gasteiger partial charge in [-0.25, -0.2) is 0 Å². The molecule has 0 fully saturated rings. The van der Waals surface area contributed by atoms with Crippen LogP contribution in [0.2, 0.25) is 5.02 Å². The van der Waals surface area contributed by atoms with Crippen molar-refractivity contribution in [1.29, 1.82) is 5.26 Å². The Morgan fingerprint density at radius 3 is 2.75 bits per heavy atom. The topological polar surface area (TPSA) is 52.9 Å². The molecule has 0 unspecified atom stereocenters. The molecule has 0 bridgehead atoms. The zero-order valence-electron chi connectivity index (χ0n) is 8.84. The van der Waals surface area contributed by atoms with Crippen molar-refractivity contribution in [2.24, 2.45) is 0 Å². The van der Waals surface area contributed by atoms with E-state index >= 15 is 0 Å². The fourth-order valence-electron chi connectivity index (χ4n) is 1.05. The molecule has 84 valence electrons. The van der Waals surface area contributed by atoms with Crippen LogP contribution in [0.25, 0.3) is 0 Å². The smallest absolute Gasteiger partial charge is 0.254 e. The van der Waals surface area contributed by atoms with E-state index in [4.69, 9.17) is 16.9 Å². The van der Waals surface area contributed by atoms with E-state index in [0.717, 1.165) is 4.47 Å². The minimum Gasteiger partial charge on any atom is -0.334 e. The molecule has 16 heavy (non-hydrogen) atoms. The highest BCUT2D eigenvalue weighted by molar-refractivity contribution is 9.10. The van der Waals surface area contributed by atoms with Crippen molar-refractivity contribution in [1.82, 2.24) is 5.32 Å². The van der Waals surface area contributed by atoms with E-state index in [0.29, 0.717) is 10.6 Å². The second-order valence-electron chi connectivity index (χ2n) is 3.82. The van der Waals surface area contributed by atoms with Gasteiger partial charge in [0.25, 0.3) is 5.91 Å². The zero-order chi connectivity index (χ0) is 12.3. The Hall–Kier alpha value is -1.05. The molecule has 1 aromatic rings. The summed E-state index contributed by atoms with van der Waals surface area (Å²) in [5.74, 6) is -0.363. The summed E-state index contributed by atoms with van der Waals surface area (Å²) in [6, 6.07) is 6.98. The van der Waals surface area contributed by atoms with Gasteiger partial charge in [0, 0.05) is 4.47 Å². The maximum absolute atomic E-state index is 11.8. The molecule has 0 atom stereocenters. The third-order valence-corrected chi connectivity index (χ3v) is 2.70. The van der Waals surface area contributed by atoms with Gasteiger partial charge in [-0.3, -0.25) is 4.79 Å². The first-order valence-electron chi connectivity index (χ1n) is 4.54. The summed E-state index contributed by atoms with van der Waals surface area (Å²) in [5.41, 5.74) is -0.567. The van der Waals surface area contributed by atoms with Gasteiger partial charge in [0.1, 0.15) is 5.54 Å². The SMILES string of the molecule is CC(C)(C#N)NC(=O)c1cc(Br)ccc1Cl. The third kappa shape index (κ3) is 3.22. The first-order chi connectivity index (χ1) is 7.35. The maximum Gasteiger partial charge on any atom is 0.254 e. The van der Waals surface area contributed by atoms with Crippen LogP contribution in [0.4, 0.5) is 0 Å². The Bertz CT molecular complexity index is 466. The molecule has 0 saturated carbocycles. The van der Waals surface area contributed by atoms with E-state index in [2.05, 4.69) is 21.2 Å². The lowest BCUT2D eigenvalue weighted by molar-refractivity contribution is 0.0929. The molecule has 0 saturated heterocycles. The van der Waals surface area contributed by atoms with E-state index in [1.807, 2.05) is 6.07 Å². The second-order valence-corrected chi connectivity index (χ2v) is 5.14. The number of carbonyl (C=O) groups is 1. The van der Waals surface area contributed by atoms with Gasteiger partial charge in [-0.15, -0.1) is 0 Å². The molecule has 0 spiro atoms. The molecule has 1 aromatic carbocycles. The van der Waals surface area contributed by atoms with Gasteiger partial charge in [-0.2, -0.15) is 5.26 Å². The Morgan fingerprint density at radius 2 is 2.19 bits per heavy atom. The number of nitrogens with zero attached hydrogens (tertiary/aromatic N) is 1. The molecular formula is C11H10BrClN2O. The van der Waals surface area contributed by atoms with E-state index in [9.17, 15) is 4.79 Å². The molecule has 3 nitrogen and oxygen atoms in total.